The largest absolute Gasteiger partial charge is 0.507 e. The number of hydrogen-bond donors (Lipinski definition) is 1. The zero-order valence-corrected chi connectivity index (χ0v) is 20.2. The number of ketones is 1. The second kappa shape index (κ2) is 11.5. The Bertz CT molecular complexity index is 1340. The Hall–Kier alpha value is -4.50. The first-order valence-corrected chi connectivity index (χ1v) is 11.7. The summed E-state index contributed by atoms with van der Waals surface area (Å²) in [5.41, 5.74) is 1.23. The van der Waals surface area contributed by atoms with E-state index in [0.29, 0.717) is 30.9 Å². The number of amides is 1. The molecule has 3 aromatic carbocycles. The molecule has 4 rings (SSSR count). The molecular weight excluding hydrogens is 476 g/mol. The summed E-state index contributed by atoms with van der Waals surface area (Å²) in [5.74, 6) is -1.57. The van der Waals surface area contributed by atoms with Crippen molar-refractivity contribution in [1.29, 1.82) is 0 Å². The molecular formula is C28H26N2O7. The lowest BCUT2D eigenvalue weighted by Crippen LogP contribution is -2.31. The van der Waals surface area contributed by atoms with Crippen LogP contribution >= 0.6 is 0 Å². The summed E-state index contributed by atoms with van der Waals surface area (Å²) in [7, 11) is 1.54. The standard InChI is InChI=1S/C28H26N2O7/c1-36-15-7-14-29-25(20-10-6-13-23(17-20)37-18-19-8-3-2-4-9-19)24(27(32)28(29)33)26(31)21-11-5-12-22(16-21)30(34)35/h2-6,8-13,16-17,25,31H,7,14-15,18H2,1H3/b26-24-. The van der Waals surface area contributed by atoms with E-state index >= 15 is 0 Å². The summed E-state index contributed by atoms with van der Waals surface area (Å²) < 4.78 is 11.0. The van der Waals surface area contributed by atoms with E-state index in [2.05, 4.69) is 0 Å². The first-order chi connectivity index (χ1) is 17.9. The van der Waals surface area contributed by atoms with E-state index in [1.165, 1.54) is 29.2 Å². The van der Waals surface area contributed by atoms with Crippen LogP contribution in [-0.2, 0) is 20.9 Å². The number of benzene rings is 3. The predicted octanol–water partition coefficient (Wildman–Crippen LogP) is 4.63. The van der Waals surface area contributed by atoms with Crippen molar-refractivity contribution in [2.75, 3.05) is 20.3 Å². The van der Waals surface area contributed by atoms with Gasteiger partial charge in [-0.3, -0.25) is 19.7 Å². The van der Waals surface area contributed by atoms with Gasteiger partial charge in [0.1, 0.15) is 18.1 Å². The number of aliphatic hydroxyl groups excluding tert-OH is 1. The minimum Gasteiger partial charge on any atom is -0.507 e. The minimum atomic E-state index is -0.906. The van der Waals surface area contributed by atoms with Crippen molar-refractivity contribution in [3.8, 4) is 5.75 Å². The highest BCUT2D eigenvalue weighted by molar-refractivity contribution is 6.46. The molecule has 1 aliphatic rings. The normalized spacial score (nSPS) is 16.7. The number of likely N-dealkylation sites (tertiary alicyclic amines) is 1. The fourth-order valence-corrected chi connectivity index (χ4v) is 4.27. The van der Waals surface area contributed by atoms with Gasteiger partial charge >= 0.3 is 0 Å². The molecule has 3 aromatic rings. The molecule has 1 unspecified atom stereocenters. The van der Waals surface area contributed by atoms with Gasteiger partial charge in [0.2, 0.25) is 0 Å². The first-order valence-electron chi connectivity index (χ1n) is 11.7. The average Bonchev–Trinajstić information content (AvgIpc) is 3.17. The highest BCUT2D eigenvalue weighted by atomic mass is 16.6. The number of rotatable bonds is 10. The van der Waals surface area contributed by atoms with Gasteiger partial charge in [-0.2, -0.15) is 0 Å². The van der Waals surface area contributed by atoms with Crippen LogP contribution in [0.3, 0.4) is 0 Å². The van der Waals surface area contributed by atoms with Gasteiger partial charge < -0.3 is 19.5 Å². The van der Waals surface area contributed by atoms with Gasteiger partial charge in [-0.15, -0.1) is 0 Å². The number of hydrogen-bond acceptors (Lipinski definition) is 7. The smallest absolute Gasteiger partial charge is 0.295 e. The first kappa shape index (κ1) is 25.6. The molecule has 1 atom stereocenters. The number of nitro groups is 1. The predicted molar refractivity (Wildman–Crippen MR) is 136 cm³/mol. The van der Waals surface area contributed by atoms with E-state index in [4.69, 9.17) is 9.47 Å². The Balaban J connectivity index is 1.75. The highest BCUT2D eigenvalue weighted by Gasteiger charge is 2.46. The van der Waals surface area contributed by atoms with E-state index in [-0.39, 0.29) is 23.4 Å². The van der Waals surface area contributed by atoms with E-state index < -0.39 is 28.4 Å². The molecule has 37 heavy (non-hydrogen) atoms. The third kappa shape index (κ3) is 5.68. The molecule has 1 aliphatic heterocycles. The zero-order chi connectivity index (χ0) is 26.4. The molecule has 0 radical (unpaired) electrons. The Morgan fingerprint density at radius 1 is 1.03 bits per heavy atom. The van der Waals surface area contributed by atoms with Gasteiger partial charge in [-0.1, -0.05) is 54.6 Å². The van der Waals surface area contributed by atoms with Crippen molar-refractivity contribution in [2.24, 2.45) is 0 Å². The minimum absolute atomic E-state index is 0.0746. The van der Waals surface area contributed by atoms with Crippen LogP contribution in [0.15, 0.2) is 84.4 Å². The molecule has 0 aromatic heterocycles. The molecule has 190 valence electrons. The average molecular weight is 503 g/mol. The van der Waals surface area contributed by atoms with Crippen LogP contribution in [0.25, 0.3) is 5.76 Å². The fraction of sp³-hybridized carbons (Fsp3) is 0.214. The summed E-state index contributed by atoms with van der Waals surface area (Å²) in [4.78, 5) is 38.3. The van der Waals surface area contributed by atoms with Gasteiger partial charge in [0.15, 0.2) is 0 Å². The molecule has 0 bridgehead atoms. The van der Waals surface area contributed by atoms with E-state index in [9.17, 15) is 24.8 Å². The van der Waals surface area contributed by atoms with Gasteiger partial charge in [-0.25, -0.2) is 0 Å². The lowest BCUT2D eigenvalue weighted by molar-refractivity contribution is -0.384. The lowest BCUT2D eigenvalue weighted by Gasteiger charge is -2.25. The number of non-ortho nitro benzene ring substituents is 1. The summed E-state index contributed by atoms with van der Waals surface area (Å²) in [6, 6.07) is 21.0. The van der Waals surface area contributed by atoms with Crippen LogP contribution in [0, 0.1) is 10.1 Å². The summed E-state index contributed by atoms with van der Waals surface area (Å²) >= 11 is 0. The number of nitrogens with zero attached hydrogens (tertiary/aromatic N) is 2. The number of ether oxygens (including phenoxy) is 2. The van der Waals surface area contributed by atoms with E-state index in [0.717, 1.165) is 5.56 Å². The maximum absolute atomic E-state index is 13.2. The van der Waals surface area contributed by atoms with Crippen molar-refractivity contribution in [3.05, 3.63) is 111 Å². The number of methoxy groups -OCH3 is 1. The maximum Gasteiger partial charge on any atom is 0.295 e. The Morgan fingerprint density at radius 3 is 2.51 bits per heavy atom. The summed E-state index contributed by atoms with van der Waals surface area (Å²) in [6.45, 7) is 0.913. The van der Waals surface area contributed by atoms with Crippen molar-refractivity contribution in [3.63, 3.8) is 0 Å². The van der Waals surface area contributed by atoms with Crippen LogP contribution in [0.2, 0.25) is 0 Å². The number of nitro benzene ring substituents is 1. The molecule has 1 fully saturated rings. The van der Waals surface area contributed by atoms with Crippen LogP contribution in [-0.4, -0.2) is 46.9 Å². The summed E-state index contributed by atoms with van der Waals surface area (Å²) in [5, 5.41) is 22.4. The van der Waals surface area contributed by atoms with Crippen LogP contribution < -0.4 is 4.74 Å². The molecule has 9 heteroatoms. The topological polar surface area (TPSA) is 119 Å². The van der Waals surface area contributed by atoms with Gasteiger partial charge in [0, 0.05) is 38.0 Å². The number of carbonyl (C=O) groups is 2. The van der Waals surface area contributed by atoms with E-state index in [1.807, 2.05) is 30.3 Å². The Labute approximate surface area is 213 Å². The third-order valence-corrected chi connectivity index (χ3v) is 6.04. The number of carbonyl (C=O) groups excluding carboxylic acids is 2. The van der Waals surface area contributed by atoms with E-state index in [1.54, 1.807) is 31.4 Å². The summed E-state index contributed by atoms with van der Waals surface area (Å²) in [6.07, 6.45) is 0.473. The van der Waals surface area contributed by atoms with Gasteiger partial charge in [0.05, 0.1) is 16.5 Å². The van der Waals surface area contributed by atoms with Crippen LogP contribution in [0.1, 0.15) is 29.2 Å². The SMILES string of the molecule is COCCCN1C(=O)C(=O)/C(=C(\O)c2cccc([N+](=O)[O-])c2)C1c1cccc(OCc2ccccc2)c1. The molecule has 0 spiro atoms. The molecule has 1 heterocycles. The highest BCUT2D eigenvalue weighted by Crippen LogP contribution is 2.40. The van der Waals surface area contributed by atoms with Crippen molar-refractivity contribution in [1.82, 2.24) is 4.90 Å². The van der Waals surface area contributed by atoms with Crippen molar-refractivity contribution < 1.29 is 29.1 Å². The fourth-order valence-electron chi connectivity index (χ4n) is 4.27. The Kier molecular flexibility index (Phi) is 7.95. The lowest BCUT2D eigenvalue weighted by atomic mass is 9.95. The maximum atomic E-state index is 13.2. The molecule has 9 nitrogen and oxygen atoms in total. The quantitative estimate of drug-likeness (QED) is 0.107. The molecule has 1 saturated heterocycles. The zero-order valence-electron chi connectivity index (χ0n) is 20.2. The number of aliphatic hydroxyl groups is 1. The monoisotopic (exact) mass is 502 g/mol. The molecule has 1 amide bonds. The van der Waals surface area contributed by atoms with Crippen molar-refractivity contribution in [2.45, 2.75) is 19.1 Å². The molecule has 0 saturated carbocycles. The van der Waals surface area contributed by atoms with Gasteiger partial charge in [0.25, 0.3) is 17.4 Å². The van der Waals surface area contributed by atoms with Gasteiger partial charge in [-0.05, 0) is 29.7 Å². The Morgan fingerprint density at radius 2 is 1.78 bits per heavy atom. The van der Waals surface area contributed by atoms with Crippen LogP contribution in [0.4, 0.5) is 5.69 Å². The second-order valence-corrected chi connectivity index (χ2v) is 8.49. The second-order valence-electron chi connectivity index (χ2n) is 8.49. The molecule has 0 aliphatic carbocycles. The number of Topliss-reactive ketones (excluding diaryl/α,β-unsaturated/α-hetero) is 1. The third-order valence-electron chi connectivity index (χ3n) is 6.04. The molecule has 1 N–H and O–H groups in total. The van der Waals surface area contributed by atoms with Crippen molar-refractivity contribution >= 4 is 23.1 Å². The van der Waals surface area contributed by atoms with Crippen LogP contribution in [0.5, 0.6) is 5.75 Å².